The Labute approximate surface area is 260 Å². The number of halogens is 2. The molecule has 3 aliphatic rings. The number of amides is 1. The van der Waals surface area contributed by atoms with Crippen molar-refractivity contribution in [1.82, 2.24) is 25.4 Å². The van der Waals surface area contributed by atoms with E-state index in [-0.39, 0.29) is 37.6 Å². The van der Waals surface area contributed by atoms with E-state index >= 15 is 0 Å². The zero-order chi connectivity index (χ0) is 31.0. The summed E-state index contributed by atoms with van der Waals surface area (Å²) < 4.78 is 27.5. The van der Waals surface area contributed by atoms with Crippen molar-refractivity contribution in [3.8, 4) is 0 Å². The summed E-state index contributed by atoms with van der Waals surface area (Å²) in [6, 6.07) is 14.0. The van der Waals surface area contributed by atoms with Crippen LogP contribution in [0.15, 0.2) is 48.7 Å². The van der Waals surface area contributed by atoms with Crippen molar-refractivity contribution in [3.05, 3.63) is 65.5 Å². The summed E-state index contributed by atoms with van der Waals surface area (Å²) in [7, 11) is 0. The smallest absolute Gasteiger partial charge is 0.248 e. The van der Waals surface area contributed by atoms with E-state index in [9.17, 15) is 18.7 Å². The van der Waals surface area contributed by atoms with Crippen molar-refractivity contribution in [2.45, 2.75) is 87.9 Å². The number of alkyl halides is 2. The Morgan fingerprint density at radius 2 is 1.95 bits per heavy atom. The monoisotopic (exact) mass is 612 g/mol. The van der Waals surface area contributed by atoms with Gasteiger partial charge in [0.1, 0.15) is 0 Å². The number of unbranched alkanes of at least 4 members (excludes halogenated alkanes) is 1. The van der Waals surface area contributed by atoms with Crippen molar-refractivity contribution in [2.24, 2.45) is 11.7 Å². The molecular weight excluding hydrogens is 562 g/mol. The van der Waals surface area contributed by atoms with E-state index in [1.54, 1.807) is 0 Å². The van der Waals surface area contributed by atoms with Gasteiger partial charge in [-0.3, -0.25) is 14.7 Å². The number of rotatable bonds is 13. The molecule has 5 rings (SSSR count). The van der Waals surface area contributed by atoms with Crippen molar-refractivity contribution < 1.29 is 18.7 Å². The quantitative estimate of drug-likeness (QED) is 0.201. The number of benzene rings is 1. The molecule has 2 heterocycles. The van der Waals surface area contributed by atoms with E-state index in [4.69, 9.17) is 10.7 Å². The van der Waals surface area contributed by atoms with Gasteiger partial charge in [0.05, 0.1) is 11.7 Å². The summed E-state index contributed by atoms with van der Waals surface area (Å²) in [5, 5.41) is 18.5. The van der Waals surface area contributed by atoms with Crippen LogP contribution in [0.2, 0.25) is 0 Å². The first-order valence-corrected chi connectivity index (χ1v) is 16.6. The summed E-state index contributed by atoms with van der Waals surface area (Å²) in [5.41, 5.74) is 7.44. The molecule has 10 heteroatoms. The van der Waals surface area contributed by atoms with Crippen LogP contribution in [0.25, 0.3) is 0 Å². The molecule has 1 saturated heterocycles. The van der Waals surface area contributed by atoms with Crippen LogP contribution in [0.3, 0.4) is 0 Å². The number of pyridine rings is 1. The van der Waals surface area contributed by atoms with E-state index in [0.717, 1.165) is 64.8 Å². The average molecular weight is 613 g/mol. The molecular formula is C34H50F2N6O2. The highest BCUT2D eigenvalue weighted by Crippen LogP contribution is 2.37. The second-order valence-corrected chi connectivity index (χ2v) is 13.0. The average Bonchev–Trinajstić information content (AvgIpc) is 3.04. The number of piperazine rings is 1. The minimum Gasteiger partial charge on any atom is -0.367 e. The molecule has 44 heavy (non-hydrogen) atoms. The first-order chi connectivity index (χ1) is 21.3. The molecule has 8 nitrogen and oxygen atoms in total. The lowest BCUT2D eigenvalue weighted by Gasteiger charge is -2.41. The highest BCUT2D eigenvalue weighted by Gasteiger charge is 2.40. The standard InChI is InChI=1S/C34H50F2N6O2/c35-33(36)15-13-27(14-16-33)32(43)40-34(44,28-10-2-1-3-11-28)17-22-41-23-20-38-29(24-41)25-42(21-5-4-18-37)30-12-6-8-26-9-7-19-39-31(26)30/h1-3,7,9-11,19,27,29-30,38,44H,4-6,8,12-18,20-25,37H2,(H,40,43)/t29-,30+,34-/m1/s1. The molecule has 2 fully saturated rings. The van der Waals surface area contributed by atoms with Gasteiger partial charge in [0.25, 0.3) is 0 Å². The molecule has 5 N–H and O–H groups in total. The number of carbonyl (C=O) groups is 1. The van der Waals surface area contributed by atoms with Crippen molar-refractivity contribution in [3.63, 3.8) is 0 Å². The van der Waals surface area contributed by atoms with Crippen LogP contribution in [0, 0.1) is 5.92 Å². The lowest BCUT2D eigenvalue weighted by molar-refractivity contribution is -0.138. The van der Waals surface area contributed by atoms with E-state index in [0.29, 0.717) is 31.1 Å². The molecule has 0 unspecified atom stereocenters. The van der Waals surface area contributed by atoms with E-state index in [1.807, 2.05) is 42.6 Å². The number of nitrogens with zero attached hydrogens (tertiary/aromatic N) is 3. The topological polar surface area (TPSA) is 107 Å². The summed E-state index contributed by atoms with van der Waals surface area (Å²) in [6.45, 7) is 5.66. The number of hydrogen-bond donors (Lipinski definition) is 4. The van der Waals surface area contributed by atoms with Gasteiger partial charge in [-0.15, -0.1) is 0 Å². The maximum Gasteiger partial charge on any atom is 0.248 e. The van der Waals surface area contributed by atoms with Gasteiger partial charge >= 0.3 is 0 Å². The number of nitrogens with one attached hydrogen (secondary N) is 2. The highest BCUT2D eigenvalue weighted by atomic mass is 19.3. The Hall–Kier alpha value is -2.50. The van der Waals surface area contributed by atoms with Crippen LogP contribution in [0.4, 0.5) is 8.78 Å². The Bertz CT molecular complexity index is 1190. The Kier molecular flexibility index (Phi) is 11.4. The van der Waals surface area contributed by atoms with Gasteiger partial charge in [0.15, 0.2) is 5.72 Å². The lowest BCUT2D eigenvalue weighted by Crippen LogP contribution is -2.57. The van der Waals surface area contributed by atoms with Gasteiger partial charge in [-0.25, -0.2) is 8.78 Å². The number of aromatic nitrogens is 1. The number of fused-ring (bicyclic) bond motifs is 1. The van der Waals surface area contributed by atoms with Gasteiger partial charge in [0.2, 0.25) is 11.8 Å². The molecule has 1 saturated carbocycles. The largest absolute Gasteiger partial charge is 0.367 e. The van der Waals surface area contributed by atoms with Gasteiger partial charge in [-0.05, 0) is 69.7 Å². The summed E-state index contributed by atoms with van der Waals surface area (Å²) >= 11 is 0. The van der Waals surface area contributed by atoms with Gasteiger partial charge in [-0.1, -0.05) is 36.4 Å². The van der Waals surface area contributed by atoms with Crippen LogP contribution in [0.5, 0.6) is 0 Å². The first kappa shape index (κ1) is 32.9. The fraction of sp³-hybridized carbons (Fsp3) is 0.647. The third kappa shape index (κ3) is 8.60. The number of hydrogen-bond acceptors (Lipinski definition) is 7. The van der Waals surface area contributed by atoms with Crippen LogP contribution >= 0.6 is 0 Å². The minimum atomic E-state index is -2.71. The zero-order valence-corrected chi connectivity index (χ0v) is 25.9. The zero-order valence-electron chi connectivity index (χ0n) is 25.9. The molecule has 0 radical (unpaired) electrons. The molecule has 0 spiro atoms. The first-order valence-electron chi connectivity index (χ1n) is 16.6. The normalized spacial score (nSPS) is 24.0. The minimum absolute atomic E-state index is 0.131. The summed E-state index contributed by atoms with van der Waals surface area (Å²) in [4.78, 5) is 23.0. The van der Waals surface area contributed by atoms with Crippen LogP contribution in [0.1, 0.15) is 80.7 Å². The molecule has 242 valence electrons. The predicted molar refractivity (Wildman–Crippen MR) is 168 cm³/mol. The van der Waals surface area contributed by atoms with Crippen molar-refractivity contribution >= 4 is 5.91 Å². The van der Waals surface area contributed by atoms with Gasteiger partial charge in [-0.2, -0.15) is 0 Å². The molecule has 1 aromatic carbocycles. The van der Waals surface area contributed by atoms with Gasteiger partial charge < -0.3 is 26.4 Å². The molecule has 2 aromatic rings. The fourth-order valence-corrected chi connectivity index (χ4v) is 7.20. The van der Waals surface area contributed by atoms with Crippen LogP contribution in [-0.2, 0) is 16.9 Å². The van der Waals surface area contributed by atoms with Crippen molar-refractivity contribution in [2.75, 3.05) is 45.8 Å². The third-order valence-corrected chi connectivity index (χ3v) is 9.76. The Balaban J connectivity index is 1.23. The number of aryl methyl sites for hydroxylation is 1. The molecule has 3 atom stereocenters. The Morgan fingerprint density at radius 3 is 2.73 bits per heavy atom. The Morgan fingerprint density at radius 1 is 1.16 bits per heavy atom. The number of nitrogens with two attached hydrogens (primary N) is 1. The second kappa shape index (κ2) is 15.2. The fourth-order valence-electron chi connectivity index (χ4n) is 7.20. The third-order valence-electron chi connectivity index (χ3n) is 9.76. The molecule has 1 amide bonds. The molecule has 2 aliphatic carbocycles. The van der Waals surface area contributed by atoms with Crippen LogP contribution < -0.4 is 16.4 Å². The predicted octanol–water partition coefficient (Wildman–Crippen LogP) is 3.95. The lowest BCUT2D eigenvalue weighted by atomic mass is 9.85. The highest BCUT2D eigenvalue weighted by molar-refractivity contribution is 5.79. The summed E-state index contributed by atoms with van der Waals surface area (Å²) in [5.74, 6) is -3.57. The molecule has 0 bridgehead atoms. The second-order valence-electron chi connectivity index (χ2n) is 13.0. The van der Waals surface area contributed by atoms with Gasteiger partial charge in [0, 0.05) is 75.7 Å². The maximum atomic E-state index is 13.7. The molecule has 1 aromatic heterocycles. The number of aliphatic hydroxyl groups is 1. The SMILES string of the molecule is NCCCCN(C[C@H]1CN(CC[C@](O)(NC(=O)C2CCC(F)(F)CC2)c2ccccc2)CCN1)[C@H]1CCCc2cccnc21. The maximum absolute atomic E-state index is 13.7. The van der Waals surface area contributed by atoms with E-state index in [2.05, 4.69) is 26.5 Å². The molecule has 1 aliphatic heterocycles. The van der Waals surface area contributed by atoms with E-state index in [1.165, 1.54) is 11.3 Å². The summed E-state index contributed by atoms with van der Waals surface area (Å²) in [6.07, 6.45) is 7.29. The van der Waals surface area contributed by atoms with Crippen molar-refractivity contribution in [1.29, 1.82) is 0 Å². The number of carbonyl (C=O) groups excluding carboxylic acids is 1. The van der Waals surface area contributed by atoms with E-state index < -0.39 is 17.6 Å². The van der Waals surface area contributed by atoms with Crippen LogP contribution in [-0.4, -0.2) is 83.6 Å².